The predicted octanol–water partition coefficient (Wildman–Crippen LogP) is 1.54. The van der Waals surface area contributed by atoms with Crippen molar-refractivity contribution in [3.63, 3.8) is 0 Å². The lowest BCUT2D eigenvalue weighted by molar-refractivity contribution is 0.388. The minimum Gasteiger partial charge on any atom is -0.392 e. The molecule has 0 spiro atoms. The quantitative estimate of drug-likeness (QED) is 0.730. The van der Waals surface area contributed by atoms with Gasteiger partial charge in [-0.2, -0.15) is 17.4 Å². The molecule has 0 amide bonds. The molecule has 19 heavy (non-hydrogen) atoms. The number of rotatable bonds is 6. The molecule has 1 rings (SSSR count). The topological polar surface area (TPSA) is 75.4 Å². The molecule has 0 bridgehead atoms. The van der Waals surface area contributed by atoms with Crippen LogP contribution in [0.2, 0.25) is 0 Å². The van der Waals surface area contributed by atoms with Gasteiger partial charge in [-0.15, -0.1) is 0 Å². The summed E-state index contributed by atoms with van der Waals surface area (Å²) in [5.41, 5.74) is 4.94. The molecule has 0 saturated carbocycles. The second-order valence-corrected chi connectivity index (χ2v) is 7.18. The maximum absolute atomic E-state index is 12.5. The van der Waals surface area contributed by atoms with Crippen molar-refractivity contribution in [3.05, 3.63) is 0 Å². The molecule has 0 atom stereocenters. The van der Waals surface area contributed by atoms with Crippen LogP contribution in [0.5, 0.6) is 0 Å². The normalized spacial score (nSPS) is 19.1. The minimum absolute atomic E-state index is 0.218. The largest absolute Gasteiger partial charge is 0.392 e. The number of hydrogen-bond acceptors (Lipinski definition) is 3. The van der Waals surface area contributed by atoms with Gasteiger partial charge in [0, 0.05) is 13.1 Å². The highest BCUT2D eigenvalue weighted by molar-refractivity contribution is 7.87. The summed E-state index contributed by atoms with van der Waals surface area (Å²) >= 11 is 5.06. The third-order valence-electron chi connectivity index (χ3n) is 3.91. The van der Waals surface area contributed by atoms with E-state index in [0.29, 0.717) is 25.9 Å². The first-order valence-electron chi connectivity index (χ1n) is 6.97. The molecule has 0 radical (unpaired) electrons. The van der Waals surface area contributed by atoms with Crippen molar-refractivity contribution in [3.8, 4) is 0 Å². The average Bonchev–Trinajstić information content (AvgIpc) is 2.65. The van der Waals surface area contributed by atoms with Crippen LogP contribution in [0.25, 0.3) is 0 Å². The molecule has 3 N–H and O–H groups in total. The van der Waals surface area contributed by atoms with Crippen LogP contribution in [-0.2, 0) is 10.2 Å². The summed E-state index contributed by atoms with van der Waals surface area (Å²) in [4.78, 5) is 0.218. The van der Waals surface area contributed by atoms with E-state index < -0.39 is 15.7 Å². The molecule has 5 nitrogen and oxygen atoms in total. The monoisotopic (exact) mass is 307 g/mol. The van der Waals surface area contributed by atoms with E-state index in [1.807, 2.05) is 13.8 Å². The van der Waals surface area contributed by atoms with Crippen molar-refractivity contribution >= 4 is 27.4 Å². The fourth-order valence-electron chi connectivity index (χ4n) is 2.39. The van der Waals surface area contributed by atoms with Crippen molar-refractivity contribution in [2.45, 2.75) is 57.9 Å². The lowest BCUT2D eigenvalue weighted by atomic mass is 9.94. The molecule has 0 unspecified atom stereocenters. The molecule has 0 aromatic heterocycles. The van der Waals surface area contributed by atoms with E-state index in [2.05, 4.69) is 4.72 Å². The van der Waals surface area contributed by atoms with Gasteiger partial charge in [-0.25, -0.2) is 0 Å². The summed E-state index contributed by atoms with van der Waals surface area (Å²) in [6.45, 7) is 4.95. The molecule has 1 saturated heterocycles. The zero-order valence-corrected chi connectivity index (χ0v) is 13.4. The van der Waals surface area contributed by atoms with Crippen LogP contribution in [0.3, 0.4) is 0 Å². The first-order valence-corrected chi connectivity index (χ1v) is 8.81. The number of nitrogens with two attached hydrogens (primary N) is 1. The van der Waals surface area contributed by atoms with Gasteiger partial charge in [0.25, 0.3) is 10.2 Å². The number of thiocarbonyl (C=S) groups is 1. The van der Waals surface area contributed by atoms with E-state index in [-0.39, 0.29) is 4.99 Å². The van der Waals surface area contributed by atoms with Gasteiger partial charge in [-0.05, 0) is 25.7 Å². The Balaban J connectivity index is 2.90. The SMILES string of the molecule is CCC(CC)(NS(=O)(=O)N1CCCCCC1)C(N)=S. The minimum atomic E-state index is -3.52. The van der Waals surface area contributed by atoms with Gasteiger partial charge in [0.2, 0.25) is 0 Å². The summed E-state index contributed by atoms with van der Waals surface area (Å²) in [5, 5.41) is 0. The Kier molecular flexibility index (Phi) is 6.16. The lowest BCUT2D eigenvalue weighted by Gasteiger charge is -2.33. The summed E-state index contributed by atoms with van der Waals surface area (Å²) in [6.07, 6.45) is 5.14. The Morgan fingerprint density at radius 2 is 1.68 bits per heavy atom. The maximum atomic E-state index is 12.5. The number of nitrogens with zero attached hydrogens (tertiary/aromatic N) is 1. The highest BCUT2D eigenvalue weighted by Gasteiger charge is 2.36. The number of nitrogens with one attached hydrogen (secondary N) is 1. The molecule has 0 aliphatic carbocycles. The van der Waals surface area contributed by atoms with Crippen molar-refractivity contribution < 1.29 is 8.42 Å². The molecule has 1 heterocycles. The molecular weight excluding hydrogens is 282 g/mol. The maximum Gasteiger partial charge on any atom is 0.280 e. The molecule has 0 aromatic rings. The Morgan fingerprint density at radius 1 is 1.21 bits per heavy atom. The standard InChI is InChI=1S/C12H25N3O2S2/c1-3-12(4-2,11(13)18)14-19(16,17)15-9-7-5-6-8-10-15/h14H,3-10H2,1-2H3,(H2,13,18). The highest BCUT2D eigenvalue weighted by Crippen LogP contribution is 2.20. The van der Waals surface area contributed by atoms with Crippen molar-refractivity contribution in [2.24, 2.45) is 5.73 Å². The van der Waals surface area contributed by atoms with E-state index in [0.717, 1.165) is 25.7 Å². The highest BCUT2D eigenvalue weighted by atomic mass is 32.2. The van der Waals surface area contributed by atoms with Crippen LogP contribution >= 0.6 is 12.2 Å². The van der Waals surface area contributed by atoms with Crippen LogP contribution in [-0.4, -0.2) is 36.3 Å². The zero-order chi connectivity index (χ0) is 14.5. The molecule has 0 aromatic carbocycles. The molecule has 1 aliphatic rings. The van der Waals surface area contributed by atoms with Crippen molar-refractivity contribution in [1.82, 2.24) is 9.03 Å². The third kappa shape index (κ3) is 4.11. The smallest absolute Gasteiger partial charge is 0.280 e. The van der Waals surface area contributed by atoms with E-state index in [4.69, 9.17) is 18.0 Å². The lowest BCUT2D eigenvalue weighted by Crippen LogP contribution is -2.59. The first-order chi connectivity index (χ1) is 8.88. The van der Waals surface area contributed by atoms with Gasteiger partial charge in [0.1, 0.15) is 0 Å². The Hall–Kier alpha value is -0.240. The van der Waals surface area contributed by atoms with Gasteiger partial charge in [-0.1, -0.05) is 38.9 Å². The van der Waals surface area contributed by atoms with Gasteiger partial charge >= 0.3 is 0 Å². The third-order valence-corrected chi connectivity index (χ3v) is 5.99. The summed E-state index contributed by atoms with van der Waals surface area (Å²) < 4.78 is 29.2. The average molecular weight is 307 g/mol. The van der Waals surface area contributed by atoms with E-state index >= 15 is 0 Å². The van der Waals surface area contributed by atoms with E-state index in [1.54, 1.807) is 0 Å². The van der Waals surface area contributed by atoms with Gasteiger partial charge in [0.15, 0.2) is 0 Å². The summed E-state index contributed by atoms with van der Waals surface area (Å²) in [6, 6.07) is 0. The van der Waals surface area contributed by atoms with Crippen molar-refractivity contribution in [2.75, 3.05) is 13.1 Å². The Labute approximate surface area is 122 Å². The van der Waals surface area contributed by atoms with Gasteiger partial charge < -0.3 is 5.73 Å². The molecular formula is C12H25N3O2S2. The van der Waals surface area contributed by atoms with Crippen LogP contribution in [0.1, 0.15) is 52.4 Å². The second-order valence-electron chi connectivity index (χ2n) is 5.07. The van der Waals surface area contributed by atoms with Crippen LogP contribution < -0.4 is 10.5 Å². The van der Waals surface area contributed by atoms with Gasteiger partial charge in [-0.3, -0.25) is 0 Å². The second kappa shape index (κ2) is 6.97. The predicted molar refractivity (Wildman–Crippen MR) is 82.2 cm³/mol. The van der Waals surface area contributed by atoms with E-state index in [1.165, 1.54) is 4.31 Å². The van der Waals surface area contributed by atoms with Crippen LogP contribution in [0.4, 0.5) is 0 Å². The Morgan fingerprint density at radius 3 is 2.05 bits per heavy atom. The Bertz CT molecular complexity index is 397. The fourth-order valence-corrected chi connectivity index (χ4v) is 4.55. The zero-order valence-electron chi connectivity index (χ0n) is 11.8. The summed E-state index contributed by atoms with van der Waals surface area (Å²) in [7, 11) is -3.52. The molecule has 1 aliphatic heterocycles. The molecule has 112 valence electrons. The molecule has 7 heteroatoms. The molecule has 1 fully saturated rings. The van der Waals surface area contributed by atoms with Gasteiger partial charge in [0.05, 0.1) is 10.5 Å². The van der Waals surface area contributed by atoms with Crippen molar-refractivity contribution in [1.29, 1.82) is 0 Å². The summed E-state index contributed by atoms with van der Waals surface area (Å²) in [5.74, 6) is 0. The fraction of sp³-hybridized carbons (Fsp3) is 0.917. The van der Waals surface area contributed by atoms with Crippen LogP contribution in [0.15, 0.2) is 0 Å². The number of hydrogen-bond donors (Lipinski definition) is 2. The van der Waals surface area contributed by atoms with E-state index in [9.17, 15) is 8.42 Å². The van der Waals surface area contributed by atoms with Crippen LogP contribution in [0, 0.1) is 0 Å². The first kappa shape index (κ1) is 16.8.